The van der Waals surface area contributed by atoms with E-state index in [2.05, 4.69) is 34.8 Å². The zero-order valence-electron chi connectivity index (χ0n) is 19.7. The molecule has 1 spiro atoms. The lowest BCUT2D eigenvalue weighted by Gasteiger charge is -2.51. The summed E-state index contributed by atoms with van der Waals surface area (Å²) in [6.45, 7) is 13.4. The van der Waals surface area contributed by atoms with Crippen LogP contribution in [0.3, 0.4) is 0 Å². The van der Waals surface area contributed by atoms with E-state index in [1.165, 1.54) is 0 Å². The highest BCUT2D eigenvalue weighted by Gasteiger charge is 2.60. The lowest BCUT2D eigenvalue weighted by Crippen LogP contribution is -2.63. The second-order valence-corrected chi connectivity index (χ2v) is 12.1. The van der Waals surface area contributed by atoms with Crippen LogP contribution in [0.4, 0.5) is 4.79 Å². The van der Waals surface area contributed by atoms with Crippen LogP contribution in [0.5, 0.6) is 0 Å². The van der Waals surface area contributed by atoms with Gasteiger partial charge in [0.05, 0.1) is 18.9 Å². The molecule has 4 rings (SSSR count). The van der Waals surface area contributed by atoms with Gasteiger partial charge >= 0.3 is 6.09 Å². The molecule has 1 aliphatic carbocycles. The Morgan fingerprint density at radius 2 is 1.84 bits per heavy atom. The Bertz CT molecular complexity index is 891. The molecule has 1 saturated carbocycles. The fourth-order valence-corrected chi connectivity index (χ4v) is 5.28. The van der Waals surface area contributed by atoms with Gasteiger partial charge in [-0.1, -0.05) is 19.9 Å². The maximum Gasteiger partial charge on any atom is 0.410 e. The summed E-state index contributed by atoms with van der Waals surface area (Å²) in [5.74, 6) is 0.549. The Morgan fingerprint density at radius 3 is 2.44 bits per heavy atom. The Hall–Kier alpha value is -1.67. The Kier molecular flexibility index (Phi) is 6.07. The number of likely N-dealkylation sites (tertiary alicyclic amines) is 2. The number of hydrogen-bond acceptors (Lipinski definition) is 5. The highest BCUT2D eigenvalue weighted by molar-refractivity contribution is 9.10. The normalized spacial score (nSPS) is 25.6. The van der Waals surface area contributed by atoms with Gasteiger partial charge in [-0.3, -0.25) is 4.79 Å². The van der Waals surface area contributed by atoms with Crippen LogP contribution in [0.2, 0.25) is 0 Å². The predicted molar refractivity (Wildman–Crippen MR) is 124 cm³/mol. The van der Waals surface area contributed by atoms with Gasteiger partial charge in [0.15, 0.2) is 0 Å². The topological polar surface area (TPSA) is 72.0 Å². The molecular weight excluding hydrogens is 474 g/mol. The first kappa shape index (κ1) is 23.5. The van der Waals surface area contributed by atoms with E-state index in [4.69, 9.17) is 9.47 Å². The van der Waals surface area contributed by atoms with Crippen molar-refractivity contribution in [1.29, 1.82) is 0 Å². The zero-order valence-corrected chi connectivity index (χ0v) is 21.3. The van der Waals surface area contributed by atoms with Crippen molar-refractivity contribution >= 4 is 27.9 Å². The molecule has 32 heavy (non-hydrogen) atoms. The van der Waals surface area contributed by atoms with E-state index >= 15 is 0 Å². The molecule has 2 aliphatic heterocycles. The summed E-state index contributed by atoms with van der Waals surface area (Å²) in [6.07, 6.45) is 0.673. The monoisotopic (exact) mass is 507 g/mol. The number of carbonyl (C=O) groups excluding carboxylic acids is 2. The van der Waals surface area contributed by atoms with Gasteiger partial charge in [0.1, 0.15) is 10.2 Å². The standard InChI is InChI=1S/C24H34BrN3O4/c1-22(2,3)32-21(30)27-10-16(11-31-12-17-7-6-8-19(25)26-17)24(13-27)14-28(15-24)20(29)18-9-23(18,4)5/h6-8,16,18H,9-15H2,1-5H3/t16?,18-/m1/s1. The van der Waals surface area contributed by atoms with Crippen molar-refractivity contribution in [2.45, 2.75) is 53.2 Å². The first-order chi connectivity index (χ1) is 14.9. The van der Waals surface area contributed by atoms with Crippen LogP contribution in [-0.2, 0) is 20.9 Å². The fourth-order valence-electron chi connectivity index (χ4n) is 4.90. The van der Waals surface area contributed by atoms with Gasteiger partial charge in [-0.2, -0.15) is 0 Å². The van der Waals surface area contributed by atoms with E-state index in [1.54, 1.807) is 4.90 Å². The first-order valence-electron chi connectivity index (χ1n) is 11.3. The number of amides is 2. The highest BCUT2D eigenvalue weighted by Crippen LogP contribution is 2.54. The molecule has 0 radical (unpaired) electrons. The minimum atomic E-state index is -0.537. The summed E-state index contributed by atoms with van der Waals surface area (Å²) in [7, 11) is 0. The summed E-state index contributed by atoms with van der Waals surface area (Å²) in [4.78, 5) is 33.8. The van der Waals surface area contributed by atoms with E-state index in [-0.39, 0.29) is 34.7 Å². The van der Waals surface area contributed by atoms with Gasteiger partial charge in [0.2, 0.25) is 5.91 Å². The van der Waals surface area contributed by atoms with Gasteiger partial charge in [-0.25, -0.2) is 9.78 Å². The lowest BCUT2D eigenvalue weighted by atomic mass is 9.71. The number of rotatable bonds is 5. The largest absolute Gasteiger partial charge is 0.444 e. The number of hydrogen-bond donors (Lipinski definition) is 0. The minimum Gasteiger partial charge on any atom is -0.444 e. The van der Waals surface area contributed by atoms with Gasteiger partial charge < -0.3 is 19.3 Å². The van der Waals surface area contributed by atoms with E-state index in [0.29, 0.717) is 39.4 Å². The van der Waals surface area contributed by atoms with Gasteiger partial charge in [-0.05, 0) is 60.7 Å². The van der Waals surface area contributed by atoms with E-state index in [9.17, 15) is 9.59 Å². The molecule has 1 aromatic rings. The van der Waals surface area contributed by atoms with Crippen molar-refractivity contribution in [3.05, 3.63) is 28.5 Å². The third-order valence-electron chi connectivity index (χ3n) is 6.94. The second-order valence-electron chi connectivity index (χ2n) is 11.3. The molecule has 0 bridgehead atoms. The van der Waals surface area contributed by atoms with Crippen molar-refractivity contribution in [3.63, 3.8) is 0 Å². The number of nitrogens with zero attached hydrogens (tertiary/aromatic N) is 3. The van der Waals surface area contributed by atoms with Crippen LogP contribution in [0.25, 0.3) is 0 Å². The molecule has 1 aromatic heterocycles. The molecular formula is C24H34BrN3O4. The molecule has 3 heterocycles. The molecule has 7 nitrogen and oxygen atoms in total. The highest BCUT2D eigenvalue weighted by atomic mass is 79.9. The molecule has 3 aliphatic rings. The molecule has 2 atom stereocenters. The summed E-state index contributed by atoms with van der Waals surface area (Å²) < 4.78 is 12.4. The quantitative estimate of drug-likeness (QED) is 0.560. The molecule has 0 N–H and O–H groups in total. The molecule has 0 aromatic carbocycles. The summed E-state index contributed by atoms with van der Waals surface area (Å²) in [5, 5.41) is 0. The van der Waals surface area contributed by atoms with E-state index in [1.807, 2.05) is 43.9 Å². The molecule has 1 unspecified atom stereocenters. The predicted octanol–water partition coefficient (Wildman–Crippen LogP) is 4.10. The molecule has 2 saturated heterocycles. The molecule has 2 amide bonds. The average molecular weight is 508 g/mol. The molecule has 3 fully saturated rings. The van der Waals surface area contributed by atoms with Gasteiger partial charge in [0, 0.05) is 43.4 Å². The van der Waals surface area contributed by atoms with Crippen molar-refractivity contribution < 1.29 is 19.1 Å². The smallest absolute Gasteiger partial charge is 0.410 e. The summed E-state index contributed by atoms with van der Waals surface area (Å²) >= 11 is 3.39. The first-order valence-corrected chi connectivity index (χ1v) is 12.1. The number of halogens is 1. The van der Waals surface area contributed by atoms with Crippen molar-refractivity contribution in [3.8, 4) is 0 Å². The third-order valence-corrected chi connectivity index (χ3v) is 7.38. The maximum absolute atomic E-state index is 12.9. The van der Waals surface area contributed by atoms with Crippen LogP contribution in [-0.4, -0.2) is 65.2 Å². The lowest BCUT2D eigenvalue weighted by molar-refractivity contribution is -0.148. The minimum absolute atomic E-state index is 0.123. The number of ether oxygens (including phenoxy) is 2. The van der Waals surface area contributed by atoms with E-state index in [0.717, 1.165) is 16.7 Å². The Morgan fingerprint density at radius 1 is 1.19 bits per heavy atom. The zero-order chi connectivity index (χ0) is 23.3. The van der Waals surface area contributed by atoms with Gasteiger partial charge in [-0.15, -0.1) is 0 Å². The molecule has 176 valence electrons. The van der Waals surface area contributed by atoms with E-state index < -0.39 is 5.60 Å². The Labute approximate surface area is 199 Å². The SMILES string of the molecule is CC(C)(C)OC(=O)N1CC(COCc2cccc(Br)n2)C2(C1)CN(C(=O)[C@H]1CC1(C)C)C2. The number of pyridine rings is 1. The van der Waals surface area contributed by atoms with Gasteiger partial charge in [0.25, 0.3) is 0 Å². The average Bonchev–Trinajstić information content (AvgIpc) is 3.11. The third kappa shape index (κ3) is 4.96. The van der Waals surface area contributed by atoms with Crippen molar-refractivity contribution in [2.24, 2.45) is 22.7 Å². The maximum atomic E-state index is 12.9. The van der Waals surface area contributed by atoms with Crippen LogP contribution >= 0.6 is 15.9 Å². The number of aromatic nitrogens is 1. The Balaban J connectivity index is 1.40. The second kappa shape index (κ2) is 8.28. The van der Waals surface area contributed by atoms with Crippen LogP contribution in [0, 0.1) is 22.7 Å². The summed E-state index contributed by atoms with van der Waals surface area (Å²) in [6, 6.07) is 5.75. The van der Waals surface area contributed by atoms with Crippen LogP contribution in [0.1, 0.15) is 46.7 Å². The fraction of sp³-hybridized carbons (Fsp3) is 0.708. The summed E-state index contributed by atoms with van der Waals surface area (Å²) in [5.41, 5.74) is 0.315. The van der Waals surface area contributed by atoms with Crippen LogP contribution < -0.4 is 0 Å². The number of carbonyl (C=O) groups is 2. The van der Waals surface area contributed by atoms with Crippen LogP contribution in [0.15, 0.2) is 22.8 Å². The van der Waals surface area contributed by atoms with Crippen molar-refractivity contribution in [2.75, 3.05) is 32.8 Å². The van der Waals surface area contributed by atoms with Crippen molar-refractivity contribution in [1.82, 2.24) is 14.8 Å². The molecule has 8 heteroatoms.